The molecule has 7 nitrogen and oxygen atoms in total. The number of aromatic nitrogens is 3. The number of sulfonamides is 1. The SMILES string of the molecule is Cc1cc2c(nn1)c(Cc1ccc(S(=O)(=O)N(C)C)cc1)c(C)n2C/C(F)=C/CN.Cl.Cl. The van der Waals surface area contributed by atoms with E-state index in [9.17, 15) is 12.8 Å². The van der Waals surface area contributed by atoms with Crippen LogP contribution >= 0.6 is 24.8 Å². The molecule has 0 atom stereocenters. The zero-order chi connectivity index (χ0) is 22.1. The van der Waals surface area contributed by atoms with E-state index in [4.69, 9.17) is 5.73 Å². The van der Waals surface area contributed by atoms with Crippen LogP contribution in [0.15, 0.2) is 47.1 Å². The van der Waals surface area contributed by atoms with Gasteiger partial charge in [0.15, 0.2) is 0 Å². The number of halogens is 3. The van der Waals surface area contributed by atoms with Crippen molar-refractivity contribution in [2.45, 2.75) is 31.7 Å². The van der Waals surface area contributed by atoms with Gasteiger partial charge < -0.3 is 10.3 Å². The first kappa shape index (κ1) is 28.0. The Kier molecular flexibility index (Phi) is 9.80. The molecule has 0 bridgehead atoms. The summed E-state index contributed by atoms with van der Waals surface area (Å²) in [4.78, 5) is 0.236. The highest BCUT2D eigenvalue weighted by Crippen LogP contribution is 2.28. The fourth-order valence-electron chi connectivity index (χ4n) is 3.36. The summed E-state index contributed by atoms with van der Waals surface area (Å²) in [6.45, 7) is 3.98. The molecule has 0 saturated heterocycles. The number of fused-ring (bicyclic) bond motifs is 1. The zero-order valence-electron chi connectivity index (χ0n) is 18.4. The van der Waals surface area contributed by atoms with Crippen LogP contribution in [0.2, 0.25) is 0 Å². The van der Waals surface area contributed by atoms with Gasteiger partial charge in [0.25, 0.3) is 0 Å². The third-order valence-corrected chi connectivity index (χ3v) is 6.87. The van der Waals surface area contributed by atoms with Gasteiger partial charge in [0, 0.05) is 38.3 Å². The largest absolute Gasteiger partial charge is 0.336 e. The van der Waals surface area contributed by atoms with Gasteiger partial charge in [-0.15, -0.1) is 29.9 Å². The summed E-state index contributed by atoms with van der Waals surface area (Å²) in [6.07, 6.45) is 1.88. The molecule has 11 heteroatoms. The lowest BCUT2D eigenvalue weighted by Crippen LogP contribution is -2.22. The summed E-state index contributed by atoms with van der Waals surface area (Å²) < 4.78 is 41.8. The second-order valence-electron chi connectivity index (χ2n) is 7.36. The monoisotopic (exact) mass is 503 g/mol. The molecule has 0 aliphatic carbocycles. The number of hydrogen-bond donors (Lipinski definition) is 1. The van der Waals surface area contributed by atoms with Crippen molar-refractivity contribution in [2.24, 2.45) is 5.73 Å². The average Bonchev–Trinajstić information content (AvgIpc) is 2.93. The van der Waals surface area contributed by atoms with Gasteiger partial charge in [-0.05, 0) is 43.7 Å². The van der Waals surface area contributed by atoms with E-state index in [2.05, 4.69) is 10.2 Å². The molecular weight excluding hydrogens is 476 g/mol. The van der Waals surface area contributed by atoms with Crippen LogP contribution in [-0.4, -0.2) is 48.1 Å². The van der Waals surface area contributed by atoms with Crippen LogP contribution in [-0.2, 0) is 23.0 Å². The molecule has 2 heterocycles. The molecule has 0 fully saturated rings. The topological polar surface area (TPSA) is 94.1 Å². The van der Waals surface area contributed by atoms with Crippen molar-refractivity contribution < 1.29 is 12.8 Å². The van der Waals surface area contributed by atoms with E-state index in [1.807, 2.05) is 24.5 Å². The summed E-state index contributed by atoms with van der Waals surface area (Å²) in [7, 11) is -0.480. The fourth-order valence-corrected chi connectivity index (χ4v) is 4.27. The van der Waals surface area contributed by atoms with Gasteiger partial charge in [-0.3, -0.25) is 0 Å². The van der Waals surface area contributed by atoms with Gasteiger partial charge in [0.05, 0.1) is 22.7 Å². The predicted octanol–water partition coefficient (Wildman–Crippen LogP) is 3.54. The smallest absolute Gasteiger partial charge is 0.242 e. The number of allylic oxidation sites excluding steroid dienone is 1. The van der Waals surface area contributed by atoms with Crippen LogP contribution in [0.3, 0.4) is 0 Å². The number of nitrogens with two attached hydrogens (primary N) is 1. The molecule has 2 aromatic heterocycles. The van der Waals surface area contributed by atoms with Crippen molar-refractivity contribution in [3.05, 3.63) is 64.7 Å². The minimum absolute atomic E-state index is 0. The summed E-state index contributed by atoms with van der Waals surface area (Å²) in [6, 6.07) is 8.66. The predicted molar refractivity (Wildman–Crippen MR) is 130 cm³/mol. The highest BCUT2D eigenvalue weighted by molar-refractivity contribution is 7.89. The number of aryl methyl sites for hydroxylation is 1. The van der Waals surface area contributed by atoms with Crippen molar-refractivity contribution in [3.63, 3.8) is 0 Å². The highest BCUT2D eigenvalue weighted by Gasteiger charge is 2.19. The number of benzene rings is 1. The molecule has 0 saturated carbocycles. The number of hydrogen-bond acceptors (Lipinski definition) is 5. The van der Waals surface area contributed by atoms with E-state index < -0.39 is 10.0 Å². The van der Waals surface area contributed by atoms with Crippen LogP contribution in [0.25, 0.3) is 11.0 Å². The number of nitrogens with zero attached hydrogens (tertiary/aromatic N) is 4. The standard InChI is InChI=1S/C21H26FN5O2S.2ClH/c1-14-11-20-21(25-24-14)19(15(2)27(20)13-17(22)9-10-23)12-16-5-7-18(8-6-16)30(28,29)26(3)4;;/h5-9,11H,10,12-13,23H2,1-4H3;2*1H/b17-9-;;. The maximum Gasteiger partial charge on any atom is 0.242 e. The van der Waals surface area contributed by atoms with E-state index in [1.54, 1.807) is 24.3 Å². The molecule has 0 radical (unpaired) electrons. The molecular formula is C21H28Cl2FN5O2S. The molecule has 0 aliphatic rings. The van der Waals surface area contributed by atoms with Gasteiger partial charge in [-0.1, -0.05) is 12.1 Å². The minimum Gasteiger partial charge on any atom is -0.336 e. The lowest BCUT2D eigenvalue weighted by atomic mass is 10.0. The Morgan fingerprint density at radius 3 is 2.34 bits per heavy atom. The first-order valence-electron chi connectivity index (χ1n) is 9.53. The van der Waals surface area contributed by atoms with E-state index >= 15 is 0 Å². The Bertz CT molecular complexity index is 1210. The van der Waals surface area contributed by atoms with E-state index in [1.165, 1.54) is 24.5 Å². The minimum atomic E-state index is -3.48. The molecule has 176 valence electrons. The van der Waals surface area contributed by atoms with Crippen molar-refractivity contribution in [1.29, 1.82) is 0 Å². The van der Waals surface area contributed by atoms with Gasteiger partial charge in [0.1, 0.15) is 11.3 Å². The maximum absolute atomic E-state index is 14.2. The normalized spacial score (nSPS) is 12.0. The van der Waals surface area contributed by atoms with Gasteiger partial charge >= 0.3 is 0 Å². The molecule has 0 spiro atoms. The summed E-state index contributed by atoms with van der Waals surface area (Å²) in [5.74, 6) is -0.309. The molecule has 0 aliphatic heterocycles. The van der Waals surface area contributed by atoms with Crippen molar-refractivity contribution in [1.82, 2.24) is 19.1 Å². The van der Waals surface area contributed by atoms with Crippen molar-refractivity contribution in [2.75, 3.05) is 20.6 Å². The fraction of sp³-hybridized carbons (Fsp3) is 0.333. The molecule has 0 amide bonds. The van der Waals surface area contributed by atoms with Crippen LogP contribution in [0.1, 0.15) is 22.5 Å². The molecule has 3 rings (SSSR count). The Morgan fingerprint density at radius 1 is 1.16 bits per heavy atom. The molecule has 32 heavy (non-hydrogen) atoms. The Labute approximate surface area is 200 Å². The van der Waals surface area contributed by atoms with E-state index in [0.717, 1.165) is 28.0 Å². The zero-order valence-corrected chi connectivity index (χ0v) is 20.8. The van der Waals surface area contributed by atoms with Crippen LogP contribution in [0.5, 0.6) is 0 Å². The Hall–Kier alpha value is -2.04. The average molecular weight is 504 g/mol. The van der Waals surface area contributed by atoms with E-state index in [-0.39, 0.29) is 48.6 Å². The first-order valence-corrected chi connectivity index (χ1v) is 11.0. The lowest BCUT2D eigenvalue weighted by molar-refractivity contribution is 0.520. The third-order valence-electron chi connectivity index (χ3n) is 5.05. The Balaban J connectivity index is 0.00000256. The van der Waals surface area contributed by atoms with Crippen molar-refractivity contribution >= 4 is 45.9 Å². The van der Waals surface area contributed by atoms with Crippen LogP contribution in [0.4, 0.5) is 4.39 Å². The maximum atomic E-state index is 14.2. The molecule has 0 unspecified atom stereocenters. The second-order valence-corrected chi connectivity index (χ2v) is 9.52. The highest BCUT2D eigenvalue weighted by atomic mass is 35.5. The summed E-state index contributed by atoms with van der Waals surface area (Å²) in [5.41, 5.74) is 10.4. The van der Waals surface area contributed by atoms with Crippen LogP contribution in [0, 0.1) is 13.8 Å². The second kappa shape index (κ2) is 11.2. The lowest BCUT2D eigenvalue weighted by Gasteiger charge is -2.12. The van der Waals surface area contributed by atoms with Crippen LogP contribution < -0.4 is 5.73 Å². The quantitative estimate of drug-likeness (QED) is 0.531. The molecule has 3 aromatic rings. The third kappa shape index (κ3) is 5.65. The van der Waals surface area contributed by atoms with Gasteiger partial charge in [-0.25, -0.2) is 17.1 Å². The van der Waals surface area contributed by atoms with Gasteiger partial charge in [-0.2, -0.15) is 5.10 Å². The Morgan fingerprint density at radius 2 is 1.78 bits per heavy atom. The summed E-state index contributed by atoms with van der Waals surface area (Å²) >= 11 is 0. The van der Waals surface area contributed by atoms with Gasteiger partial charge in [0.2, 0.25) is 10.0 Å². The van der Waals surface area contributed by atoms with E-state index in [0.29, 0.717) is 11.9 Å². The number of rotatable bonds is 7. The summed E-state index contributed by atoms with van der Waals surface area (Å²) in [5, 5.41) is 8.52. The van der Waals surface area contributed by atoms with Crippen molar-refractivity contribution in [3.8, 4) is 0 Å². The first-order chi connectivity index (χ1) is 14.1. The molecule has 1 aromatic carbocycles. The molecule has 2 N–H and O–H groups in total.